The van der Waals surface area contributed by atoms with Crippen molar-refractivity contribution in [1.29, 1.82) is 0 Å². The summed E-state index contributed by atoms with van der Waals surface area (Å²) in [6.45, 7) is 8.34. The van der Waals surface area contributed by atoms with Crippen molar-refractivity contribution in [3.05, 3.63) is 29.3 Å². The van der Waals surface area contributed by atoms with Gasteiger partial charge in [0.1, 0.15) is 0 Å². The van der Waals surface area contributed by atoms with Gasteiger partial charge in [0.25, 0.3) is 0 Å². The van der Waals surface area contributed by atoms with Gasteiger partial charge in [0.2, 0.25) is 0 Å². The lowest BCUT2D eigenvalue weighted by Gasteiger charge is -2.21. The zero-order valence-electron chi connectivity index (χ0n) is 9.08. The number of hydrogen-bond acceptors (Lipinski definition) is 2. The van der Waals surface area contributed by atoms with Crippen LogP contribution in [0.3, 0.4) is 0 Å². The monoisotopic (exact) mass is 191 g/mol. The molecule has 14 heavy (non-hydrogen) atoms. The lowest BCUT2D eigenvalue weighted by molar-refractivity contribution is 0.400. The molecule has 0 amide bonds. The number of likely N-dealkylation sites (N-methyl/N-ethyl adjacent to an activating group) is 1. The zero-order valence-corrected chi connectivity index (χ0v) is 9.08. The second-order valence-corrected chi connectivity index (χ2v) is 3.84. The average Bonchev–Trinajstić information content (AvgIpc) is 2.96. The molecular weight excluding hydrogens is 174 g/mol. The van der Waals surface area contributed by atoms with Crippen LogP contribution in [0.2, 0.25) is 0 Å². The van der Waals surface area contributed by atoms with Crippen molar-refractivity contribution in [1.82, 2.24) is 0 Å². The highest BCUT2D eigenvalue weighted by atomic mass is 16.6. The standard InChI is InChI=1S/C12H17NO/c1-4-13(12-8-14-12)11-6-5-9(2)10(3)7-11/h5-7,12H,4,8H2,1-3H3. The van der Waals surface area contributed by atoms with Crippen LogP contribution in [0, 0.1) is 13.8 Å². The SMILES string of the molecule is CCN(c1ccc(C)c(C)c1)C1CO1. The molecule has 2 nitrogen and oxygen atoms in total. The summed E-state index contributed by atoms with van der Waals surface area (Å²) in [4.78, 5) is 2.30. The van der Waals surface area contributed by atoms with E-state index in [1.54, 1.807) is 0 Å². The van der Waals surface area contributed by atoms with Crippen LogP contribution >= 0.6 is 0 Å². The molecule has 2 heteroatoms. The number of anilines is 1. The largest absolute Gasteiger partial charge is 0.351 e. The summed E-state index contributed by atoms with van der Waals surface area (Å²) < 4.78 is 5.31. The molecule has 0 aromatic heterocycles. The van der Waals surface area contributed by atoms with Crippen LogP contribution in [0.1, 0.15) is 18.1 Å². The van der Waals surface area contributed by atoms with E-state index in [9.17, 15) is 0 Å². The molecule has 1 unspecified atom stereocenters. The molecule has 1 aliphatic rings. The van der Waals surface area contributed by atoms with E-state index in [0.717, 1.165) is 13.2 Å². The second kappa shape index (κ2) is 3.62. The predicted molar refractivity (Wildman–Crippen MR) is 58.7 cm³/mol. The molecule has 1 aromatic rings. The Balaban J connectivity index is 2.25. The highest BCUT2D eigenvalue weighted by molar-refractivity contribution is 5.51. The summed E-state index contributed by atoms with van der Waals surface area (Å²) in [7, 11) is 0. The van der Waals surface area contributed by atoms with E-state index in [-0.39, 0.29) is 0 Å². The zero-order chi connectivity index (χ0) is 10.1. The molecule has 2 rings (SSSR count). The fourth-order valence-electron chi connectivity index (χ4n) is 1.68. The fraction of sp³-hybridized carbons (Fsp3) is 0.500. The number of ether oxygens (including phenoxy) is 1. The van der Waals surface area contributed by atoms with Crippen LogP contribution in [0.4, 0.5) is 5.69 Å². The van der Waals surface area contributed by atoms with E-state index in [1.807, 2.05) is 0 Å². The highest BCUT2D eigenvalue weighted by Crippen LogP contribution is 2.25. The number of hydrogen-bond donors (Lipinski definition) is 0. The third-order valence-corrected chi connectivity index (χ3v) is 2.83. The molecule has 0 saturated carbocycles. The van der Waals surface area contributed by atoms with Crippen molar-refractivity contribution in [3.8, 4) is 0 Å². The Labute approximate surface area is 85.5 Å². The molecule has 1 aliphatic heterocycles. The van der Waals surface area contributed by atoms with Crippen molar-refractivity contribution >= 4 is 5.69 Å². The van der Waals surface area contributed by atoms with Crippen molar-refractivity contribution < 1.29 is 4.74 Å². The van der Waals surface area contributed by atoms with Gasteiger partial charge in [0.15, 0.2) is 6.23 Å². The Kier molecular flexibility index (Phi) is 2.46. The topological polar surface area (TPSA) is 15.8 Å². The summed E-state index contributed by atoms with van der Waals surface area (Å²) in [6, 6.07) is 6.59. The lowest BCUT2D eigenvalue weighted by Crippen LogP contribution is -2.26. The highest BCUT2D eigenvalue weighted by Gasteiger charge is 2.29. The van der Waals surface area contributed by atoms with Crippen LogP contribution in [-0.4, -0.2) is 19.4 Å². The molecule has 0 radical (unpaired) electrons. The van der Waals surface area contributed by atoms with Gasteiger partial charge in [-0.2, -0.15) is 0 Å². The minimum Gasteiger partial charge on any atom is -0.351 e. The Hall–Kier alpha value is -1.02. The van der Waals surface area contributed by atoms with Crippen molar-refractivity contribution in [3.63, 3.8) is 0 Å². The maximum Gasteiger partial charge on any atom is 0.154 e. The lowest BCUT2D eigenvalue weighted by atomic mass is 10.1. The number of rotatable bonds is 3. The van der Waals surface area contributed by atoms with Gasteiger partial charge >= 0.3 is 0 Å². The Morgan fingerprint density at radius 1 is 1.36 bits per heavy atom. The molecule has 1 fully saturated rings. The number of nitrogens with zero attached hydrogens (tertiary/aromatic N) is 1. The van der Waals surface area contributed by atoms with E-state index in [2.05, 4.69) is 43.9 Å². The van der Waals surface area contributed by atoms with E-state index in [0.29, 0.717) is 6.23 Å². The van der Waals surface area contributed by atoms with Gasteiger partial charge in [0.05, 0.1) is 6.61 Å². The predicted octanol–water partition coefficient (Wildman–Crippen LogP) is 2.49. The summed E-state index contributed by atoms with van der Waals surface area (Å²) in [6.07, 6.45) is 0.321. The first-order valence-corrected chi connectivity index (χ1v) is 5.18. The van der Waals surface area contributed by atoms with Gasteiger partial charge in [-0.3, -0.25) is 0 Å². The Morgan fingerprint density at radius 3 is 2.57 bits per heavy atom. The maximum absolute atomic E-state index is 5.31. The number of aryl methyl sites for hydroxylation is 2. The number of benzene rings is 1. The molecule has 76 valence electrons. The van der Waals surface area contributed by atoms with E-state index in [4.69, 9.17) is 4.74 Å². The summed E-state index contributed by atoms with van der Waals surface area (Å²) in [5, 5.41) is 0. The molecule has 1 saturated heterocycles. The second-order valence-electron chi connectivity index (χ2n) is 3.84. The molecule has 0 N–H and O–H groups in total. The molecule has 1 aromatic carbocycles. The molecule has 1 heterocycles. The Morgan fingerprint density at radius 2 is 2.07 bits per heavy atom. The van der Waals surface area contributed by atoms with Gasteiger partial charge in [-0.15, -0.1) is 0 Å². The van der Waals surface area contributed by atoms with Crippen LogP contribution in [0.25, 0.3) is 0 Å². The van der Waals surface area contributed by atoms with Gasteiger partial charge < -0.3 is 9.64 Å². The van der Waals surface area contributed by atoms with Crippen molar-refractivity contribution in [2.24, 2.45) is 0 Å². The first kappa shape index (κ1) is 9.53. The Bertz CT molecular complexity index is 331. The van der Waals surface area contributed by atoms with Gasteiger partial charge in [-0.25, -0.2) is 0 Å². The van der Waals surface area contributed by atoms with Crippen molar-refractivity contribution in [2.45, 2.75) is 27.0 Å². The van der Waals surface area contributed by atoms with Crippen LogP contribution < -0.4 is 4.90 Å². The van der Waals surface area contributed by atoms with Crippen molar-refractivity contribution in [2.75, 3.05) is 18.1 Å². The van der Waals surface area contributed by atoms with Gasteiger partial charge in [-0.05, 0) is 44.0 Å². The molecule has 1 atom stereocenters. The summed E-state index contributed by atoms with van der Waals surface area (Å²) in [5.74, 6) is 0. The fourth-order valence-corrected chi connectivity index (χ4v) is 1.68. The van der Waals surface area contributed by atoms with Gasteiger partial charge in [-0.1, -0.05) is 6.07 Å². The van der Waals surface area contributed by atoms with Crippen LogP contribution in [0.15, 0.2) is 18.2 Å². The maximum atomic E-state index is 5.31. The van der Waals surface area contributed by atoms with E-state index in [1.165, 1.54) is 16.8 Å². The first-order chi connectivity index (χ1) is 6.72. The third-order valence-electron chi connectivity index (χ3n) is 2.83. The average molecular weight is 191 g/mol. The number of epoxide rings is 1. The molecule has 0 aliphatic carbocycles. The molecule has 0 spiro atoms. The minimum absolute atomic E-state index is 0.321. The summed E-state index contributed by atoms with van der Waals surface area (Å²) in [5.41, 5.74) is 3.97. The first-order valence-electron chi connectivity index (χ1n) is 5.18. The van der Waals surface area contributed by atoms with E-state index < -0.39 is 0 Å². The molecule has 0 bridgehead atoms. The summed E-state index contributed by atoms with van der Waals surface area (Å²) >= 11 is 0. The smallest absolute Gasteiger partial charge is 0.154 e. The normalized spacial score (nSPS) is 19.5. The minimum atomic E-state index is 0.321. The van der Waals surface area contributed by atoms with Crippen LogP contribution in [-0.2, 0) is 4.74 Å². The third kappa shape index (κ3) is 1.75. The quantitative estimate of drug-likeness (QED) is 0.682. The molecular formula is C12H17NO. The van der Waals surface area contributed by atoms with Crippen LogP contribution in [0.5, 0.6) is 0 Å². The van der Waals surface area contributed by atoms with E-state index >= 15 is 0 Å². The van der Waals surface area contributed by atoms with Gasteiger partial charge in [0, 0.05) is 12.2 Å².